The van der Waals surface area contributed by atoms with Crippen LogP contribution in [-0.2, 0) is 14.4 Å². The molecule has 1 saturated carbocycles. The second kappa shape index (κ2) is 14.1. The number of amides is 2. The molecular weight excluding hydrogens is 632 g/mol. The topological polar surface area (TPSA) is 143 Å². The molecule has 4 N–H and O–H groups in total. The Morgan fingerprint density at radius 2 is 1.36 bits per heavy atom. The highest BCUT2D eigenvalue weighted by Crippen LogP contribution is 2.49. The lowest BCUT2D eigenvalue weighted by Crippen LogP contribution is -2.56. The fraction of sp³-hybridized carbons (Fsp3) is 0.364. The summed E-state index contributed by atoms with van der Waals surface area (Å²) in [4.78, 5) is 42.0. The van der Waals surface area contributed by atoms with E-state index in [0.717, 1.165) is 0 Å². The number of Topliss-reactive ketones (excluding diaryl/α,β-unsaturated/α-hetero) is 1. The van der Waals surface area contributed by atoms with Crippen LogP contribution in [0.2, 0.25) is 0 Å². The molecule has 0 heterocycles. The highest BCUT2D eigenvalue weighted by molar-refractivity contribution is 9.10. The molecule has 0 spiro atoms. The van der Waals surface area contributed by atoms with E-state index in [9.17, 15) is 24.6 Å². The molecule has 2 amide bonds. The third-order valence-electron chi connectivity index (χ3n) is 7.46. The molecule has 0 bridgehead atoms. The van der Waals surface area contributed by atoms with E-state index in [2.05, 4.69) is 26.6 Å². The number of nitrogens with one attached hydrogen (secondary N) is 2. The van der Waals surface area contributed by atoms with E-state index in [-0.39, 0.29) is 22.6 Å². The van der Waals surface area contributed by atoms with Crippen LogP contribution in [0.25, 0.3) is 0 Å². The van der Waals surface area contributed by atoms with E-state index in [1.54, 1.807) is 55.5 Å². The lowest BCUT2D eigenvalue weighted by atomic mass is 9.61. The van der Waals surface area contributed by atoms with Crippen molar-refractivity contribution in [3.05, 3.63) is 70.7 Å². The minimum absolute atomic E-state index is 0.0937. The summed E-state index contributed by atoms with van der Waals surface area (Å²) in [6.45, 7) is 7.72. The van der Waals surface area contributed by atoms with Crippen molar-refractivity contribution < 1.29 is 38.8 Å². The first-order valence-corrected chi connectivity index (χ1v) is 15.3. The average Bonchev–Trinajstić information content (AvgIpc) is 2.96. The summed E-state index contributed by atoms with van der Waals surface area (Å²) in [6, 6.07) is 16.7. The Morgan fingerprint density at radius 3 is 1.91 bits per heavy atom. The summed E-state index contributed by atoms with van der Waals surface area (Å²) in [6.07, 6.45) is -0.447. The molecule has 44 heavy (non-hydrogen) atoms. The minimum Gasteiger partial charge on any atom is -0.503 e. The Hall–Kier alpha value is -4.09. The van der Waals surface area contributed by atoms with Crippen molar-refractivity contribution in [2.75, 3.05) is 30.5 Å². The SMILES string of the molecule is CCOc1ccccc1NC(=O)C1C(=O)CC(C)(O)C(C(=O)Nc2ccccc2OCC)C1c1cc(Br)c(O)c(OCC)c1. The second-order valence-corrected chi connectivity index (χ2v) is 11.5. The van der Waals surface area contributed by atoms with Gasteiger partial charge in [-0.2, -0.15) is 0 Å². The van der Waals surface area contributed by atoms with E-state index in [1.807, 2.05) is 13.8 Å². The third-order valence-corrected chi connectivity index (χ3v) is 8.06. The quantitative estimate of drug-likeness (QED) is 0.192. The van der Waals surface area contributed by atoms with E-state index in [1.165, 1.54) is 19.1 Å². The van der Waals surface area contributed by atoms with Crippen molar-refractivity contribution in [3.63, 3.8) is 0 Å². The fourth-order valence-electron chi connectivity index (χ4n) is 5.67. The van der Waals surface area contributed by atoms with Crippen LogP contribution in [0.3, 0.4) is 0 Å². The monoisotopic (exact) mass is 668 g/mol. The number of hydrogen-bond acceptors (Lipinski definition) is 8. The van der Waals surface area contributed by atoms with Gasteiger partial charge < -0.3 is 35.1 Å². The Labute approximate surface area is 264 Å². The van der Waals surface area contributed by atoms with Gasteiger partial charge in [-0.25, -0.2) is 0 Å². The van der Waals surface area contributed by atoms with Gasteiger partial charge in [0.1, 0.15) is 23.2 Å². The van der Waals surface area contributed by atoms with E-state index in [0.29, 0.717) is 41.7 Å². The molecule has 1 aliphatic carbocycles. The minimum atomic E-state index is -1.84. The molecule has 1 aliphatic rings. The summed E-state index contributed by atoms with van der Waals surface area (Å²) in [5.74, 6) is -4.92. The second-order valence-electron chi connectivity index (χ2n) is 10.6. The van der Waals surface area contributed by atoms with E-state index in [4.69, 9.17) is 14.2 Å². The van der Waals surface area contributed by atoms with Crippen LogP contribution in [0.4, 0.5) is 11.4 Å². The van der Waals surface area contributed by atoms with Gasteiger partial charge in [0.25, 0.3) is 0 Å². The van der Waals surface area contributed by atoms with Crippen molar-refractivity contribution in [1.29, 1.82) is 0 Å². The van der Waals surface area contributed by atoms with Crippen LogP contribution in [0.1, 0.15) is 45.6 Å². The summed E-state index contributed by atoms with van der Waals surface area (Å²) in [7, 11) is 0. The van der Waals surface area contributed by atoms with Crippen LogP contribution in [0.5, 0.6) is 23.0 Å². The maximum Gasteiger partial charge on any atom is 0.235 e. The van der Waals surface area contributed by atoms with Crippen molar-refractivity contribution in [3.8, 4) is 23.0 Å². The molecule has 4 atom stereocenters. The van der Waals surface area contributed by atoms with E-state index < -0.39 is 47.4 Å². The molecule has 11 heteroatoms. The molecule has 0 aliphatic heterocycles. The molecule has 0 aromatic heterocycles. The zero-order valence-electron chi connectivity index (χ0n) is 25.1. The maximum atomic E-state index is 14.2. The van der Waals surface area contributed by atoms with Gasteiger partial charge in [-0.1, -0.05) is 24.3 Å². The molecule has 10 nitrogen and oxygen atoms in total. The lowest BCUT2D eigenvalue weighted by molar-refractivity contribution is -0.150. The first kappa shape index (κ1) is 32.8. The summed E-state index contributed by atoms with van der Waals surface area (Å²) < 4.78 is 17.2. The summed E-state index contributed by atoms with van der Waals surface area (Å²) >= 11 is 3.34. The normalized spacial score (nSPS) is 21.3. The fourth-order valence-corrected chi connectivity index (χ4v) is 6.13. The van der Waals surface area contributed by atoms with E-state index >= 15 is 0 Å². The predicted octanol–water partition coefficient (Wildman–Crippen LogP) is 5.67. The number of carbonyl (C=O) groups is 3. The van der Waals surface area contributed by atoms with Crippen molar-refractivity contribution in [2.45, 2.75) is 45.6 Å². The number of ether oxygens (including phenoxy) is 3. The Bertz CT molecular complexity index is 1530. The molecule has 0 saturated heterocycles. The van der Waals surface area contributed by atoms with Crippen LogP contribution < -0.4 is 24.8 Å². The number of hydrogen-bond donors (Lipinski definition) is 4. The molecule has 4 unspecified atom stereocenters. The predicted molar refractivity (Wildman–Crippen MR) is 169 cm³/mol. The van der Waals surface area contributed by atoms with Crippen LogP contribution >= 0.6 is 15.9 Å². The number of aromatic hydroxyl groups is 1. The number of rotatable bonds is 11. The van der Waals surface area contributed by atoms with Gasteiger partial charge in [0.15, 0.2) is 11.5 Å². The van der Waals surface area contributed by atoms with Gasteiger partial charge >= 0.3 is 0 Å². The van der Waals surface area contributed by atoms with Crippen LogP contribution in [0, 0.1) is 11.8 Å². The molecule has 0 radical (unpaired) electrons. The Kier molecular flexibility index (Phi) is 10.5. The molecule has 4 rings (SSSR count). The number of aliphatic hydroxyl groups is 1. The van der Waals surface area contributed by atoms with Crippen molar-refractivity contribution in [1.82, 2.24) is 0 Å². The van der Waals surface area contributed by atoms with Gasteiger partial charge in [-0.05, 0) is 85.6 Å². The van der Waals surface area contributed by atoms with Gasteiger partial charge in [0.2, 0.25) is 11.8 Å². The highest BCUT2D eigenvalue weighted by atomic mass is 79.9. The number of ketones is 1. The van der Waals surface area contributed by atoms with Gasteiger partial charge in [-0.3, -0.25) is 14.4 Å². The zero-order valence-corrected chi connectivity index (χ0v) is 26.6. The van der Waals surface area contributed by atoms with Crippen LogP contribution in [0.15, 0.2) is 65.1 Å². The number of halogens is 1. The Balaban J connectivity index is 1.85. The van der Waals surface area contributed by atoms with Gasteiger partial charge in [0, 0.05) is 12.3 Å². The number of phenols is 1. The highest BCUT2D eigenvalue weighted by Gasteiger charge is 2.56. The first-order chi connectivity index (χ1) is 21.0. The van der Waals surface area contributed by atoms with Crippen molar-refractivity contribution in [2.24, 2.45) is 11.8 Å². The molecule has 1 fully saturated rings. The van der Waals surface area contributed by atoms with Gasteiger partial charge in [-0.15, -0.1) is 0 Å². The van der Waals surface area contributed by atoms with Gasteiger partial charge in [0.05, 0.1) is 47.2 Å². The lowest BCUT2D eigenvalue weighted by Gasteiger charge is -2.44. The number of benzene rings is 3. The molecule has 3 aromatic rings. The summed E-state index contributed by atoms with van der Waals surface area (Å²) in [5, 5.41) is 28.0. The Morgan fingerprint density at radius 1 is 0.864 bits per heavy atom. The summed E-state index contributed by atoms with van der Waals surface area (Å²) in [5.41, 5.74) is -0.776. The maximum absolute atomic E-state index is 14.2. The molecule has 3 aromatic carbocycles. The zero-order chi connectivity index (χ0) is 32.0. The number of carbonyl (C=O) groups excluding carboxylic acids is 3. The molecular formula is C33H37BrN2O8. The number of anilines is 2. The largest absolute Gasteiger partial charge is 0.503 e. The van der Waals surface area contributed by atoms with Crippen LogP contribution in [-0.4, -0.2) is 53.2 Å². The third kappa shape index (κ3) is 7.00. The standard InChI is InChI=1S/C33H37BrN2O8/c1-5-42-24-14-10-8-12-21(24)35-31(39)28-23(37)18-33(4,41)29(32(40)36-22-13-9-11-15-25(22)43-6-2)27(28)19-16-20(34)30(38)26(17-19)44-7-3/h8-17,27-29,38,41H,5-7,18H2,1-4H3,(H,35,39)(H,36,40). The first-order valence-electron chi connectivity index (χ1n) is 14.5. The average molecular weight is 670 g/mol. The molecule has 234 valence electrons. The number of phenolic OH excluding ortho intramolecular Hbond substituents is 1. The number of para-hydroxylation sites is 4. The smallest absolute Gasteiger partial charge is 0.235 e. The van der Waals surface area contributed by atoms with Crippen molar-refractivity contribution >= 4 is 44.9 Å².